The number of H-pyrrole nitrogens is 1. The number of nitrogens with zero attached hydrogens (tertiary/aromatic N) is 6. The first-order valence-electron chi connectivity index (χ1n) is 10.3. The molecule has 2 atom stereocenters. The highest BCUT2D eigenvalue weighted by Crippen LogP contribution is 2.32. The van der Waals surface area contributed by atoms with Gasteiger partial charge in [0.1, 0.15) is 17.8 Å². The fraction of sp³-hybridized carbons (Fsp3) is 0.429. The number of benzene rings is 1. The predicted octanol–water partition coefficient (Wildman–Crippen LogP) is 1.22. The Bertz CT molecular complexity index is 1100. The van der Waals surface area contributed by atoms with Crippen molar-refractivity contribution in [1.29, 1.82) is 0 Å². The van der Waals surface area contributed by atoms with Gasteiger partial charge >= 0.3 is 0 Å². The quantitative estimate of drug-likeness (QED) is 0.676. The van der Waals surface area contributed by atoms with E-state index >= 15 is 0 Å². The molecule has 2 saturated heterocycles. The van der Waals surface area contributed by atoms with E-state index in [1.54, 1.807) is 11.2 Å². The molecule has 0 aliphatic carbocycles. The van der Waals surface area contributed by atoms with Gasteiger partial charge in [0.15, 0.2) is 0 Å². The lowest BCUT2D eigenvalue weighted by Crippen LogP contribution is -2.48. The molecule has 2 aromatic heterocycles. The third kappa shape index (κ3) is 3.29. The normalized spacial score (nSPS) is 23.0. The van der Waals surface area contributed by atoms with E-state index in [4.69, 9.17) is 0 Å². The first-order chi connectivity index (χ1) is 14.5. The monoisotopic (exact) mass is 406 g/mol. The molecule has 0 spiro atoms. The number of hydrogen-bond acceptors (Lipinski definition) is 7. The van der Waals surface area contributed by atoms with Gasteiger partial charge in [0.25, 0.3) is 0 Å². The molecule has 9 nitrogen and oxygen atoms in total. The van der Waals surface area contributed by atoms with Gasteiger partial charge in [0, 0.05) is 57.1 Å². The standard InChI is InChI=1S/C21H26N8O/c1-13-16(10-28(3)26-13)14-4-5-17-15(8-14)21(25-24-17)18-9-19(23-12-22-18)29-7-6-27(2)20(30)11-29/h4-5,8-9,12-13,16,26H,6-7,10-11H2,1-3H3,(H,24,25). The van der Waals surface area contributed by atoms with E-state index in [-0.39, 0.29) is 5.91 Å². The summed E-state index contributed by atoms with van der Waals surface area (Å²) in [6, 6.07) is 8.79. The van der Waals surface area contributed by atoms with Crippen LogP contribution < -0.4 is 10.3 Å². The van der Waals surface area contributed by atoms with Crippen LogP contribution in [0.5, 0.6) is 0 Å². The van der Waals surface area contributed by atoms with Crippen LogP contribution in [0.15, 0.2) is 30.6 Å². The number of anilines is 1. The van der Waals surface area contributed by atoms with Crippen molar-refractivity contribution in [2.24, 2.45) is 0 Å². The number of hydrazine groups is 1. The van der Waals surface area contributed by atoms with Crippen LogP contribution in [0.4, 0.5) is 5.82 Å². The van der Waals surface area contributed by atoms with E-state index in [9.17, 15) is 4.79 Å². The van der Waals surface area contributed by atoms with Crippen LogP contribution in [-0.4, -0.2) is 82.3 Å². The Kier molecular flexibility index (Phi) is 4.63. The Morgan fingerprint density at radius 2 is 2.00 bits per heavy atom. The molecule has 2 unspecified atom stereocenters. The number of fused-ring (bicyclic) bond motifs is 1. The summed E-state index contributed by atoms with van der Waals surface area (Å²) in [5.41, 5.74) is 7.29. The van der Waals surface area contributed by atoms with Crippen LogP contribution in [0.2, 0.25) is 0 Å². The number of aromatic amines is 1. The Balaban J connectivity index is 1.49. The summed E-state index contributed by atoms with van der Waals surface area (Å²) < 4.78 is 0. The van der Waals surface area contributed by atoms with E-state index < -0.39 is 0 Å². The maximum absolute atomic E-state index is 12.1. The third-order valence-electron chi connectivity index (χ3n) is 6.19. The van der Waals surface area contributed by atoms with Crippen LogP contribution in [0.1, 0.15) is 18.4 Å². The molecule has 1 amide bonds. The average Bonchev–Trinajstić information content (AvgIpc) is 3.32. The molecule has 30 heavy (non-hydrogen) atoms. The first kappa shape index (κ1) is 19.0. The zero-order valence-corrected chi connectivity index (χ0v) is 17.5. The lowest BCUT2D eigenvalue weighted by atomic mass is 9.93. The highest BCUT2D eigenvalue weighted by Gasteiger charge is 2.29. The van der Waals surface area contributed by atoms with E-state index in [0.717, 1.165) is 41.2 Å². The fourth-order valence-corrected chi connectivity index (χ4v) is 4.40. The molecule has 2 N–H and O–H groups in total. The smallest absolute Gasteiger partial charge is 0.241 e. The molecular weight excluding hydrogens is 380 g/mol. The number of hydrogen-bond donors (Lipinski definition) is 2. The van der Waals surface area contributed by atoms with E-state index in [1.807, 2.05) is 18.0 Å². The van der Waals surface area contributed by atoms with Gasteiger partial charge in [0.05, 0.1) is 17.8 Å². The van der Waals surface area contributed by atoms with E-state index in [0.29, 0.717) is 25.0 Å². The Morgan fingerprint density at radius 1 is 1.13 bits per heavy atom. The number of amides is 1. The molecule has 156 valence electrons. The highest BCUT2D eigenvalue weighted by molar-refractivity contribution is 5.93. The summed E-state index contributed by atoms with van der Waals surface area (Å²) in [6.07, 6.45) is 1.55. The second-order valence-electron chi connectivity index (χ2n) is 8.28. The highest BCUT2D eigenvalue weighted by atomic mass is 16.2. The number of carbonyl (C=O) groups excluding carboxylic acids is 1. The summed E-state index contributed by atoms with van der Waals surface area (Å²) in [7, 11) is 3.90. The van der Waals surface area contributed by atoms with Crippen LogP contribution in [0.25, 0.3) is 22.3 Å². The number of carbonyl (C=O) groups is 1. The van der Waals surface area contributed by atoms with Gasteiger partial charge < -0.3 is 9.80 Å². The summed E-state index contributed by atoms with van der Waals surface area (Å²) >= 11 is 0. The van der Waals surface area contributed by atoms with Crippen molar-refractivity contribution in [2.75, 3.05) is 45.2 Å². The molecule has 0 radical (unpaired) electrons. The van der Waals surface area contributed by atoms with Gasteiger partial charge in [-0.25, -0.2) is 15.0 Å². The Labute approximate surface area is 175 Å². The topological polar surface area (TPSA) is 93.3 Å². The molecular formula is C21H26N8O. The zero-order chi connectivity index (χ0) is 20.8. The van der Waals surface area contributed by atoms with Crippen LogP contribution in [-0.2, 0) is 4.79 Å². The number of likely N-dealkylation sites (N-methyl/N-ethyl adjacent to an activating group) is 2. The van der Waals surface area contributed by atoms with Gasteiger partial charge in [-0.05, 0) is 24.6 Å². The largest absolute Gasteiger partial charge is 0.345 e. The van der Waals surface area contributed by atoms with E-state index in [1.165, 1.54) is 5.56 Å². The van der Waals surface area contributed by atoms with Gasteiger partial charge in [-0.2, -0.15) is 5.10 Å². The Morgan fingerprint density at radius 3 is 2.77 bits per heavy atom. The second kappa shape index (κ2) is 7.33. The van der Waals surface area contributed by atoms with Crippen molar-refractivity contribution in [2.45, 2.75) is 18.9 Å². The molecule has 3 aromatic rings. The average molecular weight is 406 g/mol. The number of piperazine rings is 1. The van der Waals surface area contributed by atoms with Crippen molar-refractivity contribution in [3.63, 3.8) is 0 Å². The summed E-state index contributed by atoms with van der Waals surface area (Å²) in [5.74, 6) is 1.27. The predicted molar refractivity (Wildman–Crippen MR) is 115 cm³/mol. The maximum atomic E-state index is 12.1. The minimum atomic E-state index is 0.0977. The molecule has 4 heterocycles. The fourth-order valence-electron chi connectivity index (χ4n) is 4.40. The molecule has 9 heteroatoms. The van der Waals surface area contributed by atoms with Crippen LogP contribution >= 0.6 is 0 Å². The zero-order valence-electron chi connectivity index (χ0n) is 17.5. The van der Waals surface area contributed by atoms with Crippen LogP contribution in [0, 0.1) is 0 Å². The molecule has 2 aliphatic rings. The van der Waals surface area contributed by atoms with Gasteiger partial charge in [-0.3, -0.25) is 15.3 Å². The van der Waals surface area contributed by atoms with Crippen LogP contribution in [0.3, 0.4) is 0 Å². The number of aromatic nitrogens is 4. The lowest BCUT2D eigenvalue weighted by Gasteiger charge is -2.32. The lowest BCUT2D eigenvalue weighted by molar-refractivity contribution is -0.129. The van der Waals surface area contributed by atoms with Crippen molar-refractivity contribution in [3.05, 3.63) is 36.2 Å². The van der Waals surface area contributed by atoms with Gasteiger partial charge in [-0.15, -0.1) is 0 Å². The minimum Gasteiger partial charge on any atom is -0.345 e. The van der Waals surface area contributed by atoms with Crippen molar-refractivity contribution in [3.8, 4) is 11.4 Å². The molecule has 0 saturated carbocycles. The summed E-state index contributed by atoms with van der Waals surface area (Å²) in [5, 5.41) is 10.9. The first-order valence-corrected chi connectivity index (χ1v) is 10.3. The SMILES string of the molecule is CC1NN(C)CC1c1ccc2[nH]nc(-c3cc(N4CCN(C)C(=O)C4)ncn3)c2c1. The summed E-state index contributed by atoms with van der Waals surface area (Å²) in [4.78, 5) is 24.7. The van der Waals surface area contributed by atoms with Gasteiger partial charge in [0.2, 0.25) is 5.91 Å². The second-order valence-corrected chi connectivity index (χ2v) is 8.28. The van der Waals surface area contributed by atoms with Crippen molar-refractivity contribution >= 4 is 22.6 Å². The van der Waals surface area contributed by atoms with Gasteiger partial charge in [-0.1, -0.05) is 6.07 Å². The van der Waals surface area contributed by atoms with Crippen molar-refractivity contribution < 1.29 is 4.79 Å². The minimum absolute atomic E-state index is 0.0977. The molecule has 2 fully saturated rings. The summed E-state index contributed by atoms with van der Waals surface area (Å²) in [6.45, 7) is 4.95. The molecule has 5 rings (SSSR count). The third-order valence-corrected chi connectivity index (χ3v) is 6.19. The maximum Gasteiger partial charge on any atom is 0.241 e. The van der Waals surface area contributed by atoms with E-state index in [2.05, 4.69) is 62.8 Å². The Hall–Kier alpha value is -3.04. The number of rotatable bonds is 3. The molecule has 0 bridgehead atoms. The molecule has 2 aliphatic heterocycles. The molecule has 1 aromatic carbocycles. The van der Waals surface area contributed by atoms with Crippen molar-refractivity contribution in [1.82, 2.24) is 35.5 Å². The number of nitrogens with one attached hydrogen (secondary N) is 2.